The second-order valence-corrected chi connectivity index (χ2v) is 11.5. The highest BCUT2D eigenvalue weighted by atomic mass is 32.2. The number of amides is 2. The molecular formula is C26H29N5O5S3. The van der Waals surface area contributed by atoms with E-state index in [1.165, 1.54) is 7.11 Å². The van der Waals surface area contributed by atoms with Crippen LogP contribution in [0.15, 0.2) is 71.1 Å². The van der Waals surface area contributed by atoms with Gasteiger partial charge in [0, 0.05) is 23.2 Å². The fourth-order valence-corrected chi connectivity index (χ4v) is 6.05. The zero-order valence-electron chi connectivity index (χ0n) is 21.2. The number of alkyl carbamates (subject to hydrolysis) is 1. The van der Waals surface area contributed by atoms with Gasteiger partial charge in [0.25, 0.3) is 11.3 Å². The number of anilines is 1. The van der Waals surface area contributed by atoms with Crippen LogP contribution >= 0.6 is 23.1 Å². The monoisotopic (exact) mass is 587 g/mol. The number of ether oxygens (including phenoxy) is 1. The Hall–Kier alpha value is -3.39. The molecule has 2 aromatic carbocycles. The molecule has 1 aliphatic rings. The summed E-state index contributed by atoms with van der Waals surface area (Å²) in [5.74, 6) is -0.358. The van der Waals surface area contributed by atoms with Crippen molar-refractivity contribution in [1.29, 1.82) is 0 Å². The van der Waals surface area contributed by atoms with Gasteiger partial charge in [0.15, 0.2) is 0 Å². The van der Waals surface area contributed by atoms with Crippen molar-refractivity contribution < 1.29 is 23.1 Å². The van der Waals surface area contributed by atoms with E-state index in [4.69, 9.17) is 9.29 Å². The normalized spacial score (nSPS) is 16.8. The third-order valence-electron chi connectivity index (χ3n) is 5.90. The molecule has 4 rings (SSSR count). The first kappa shape index (κ1) is 28.6. The van der Waals surface area contributed by atoms with Gasteiger partial charge in [-0.3, -0.25) is 14.1 Å². The summed E-state index contributed by atoms with van der Waals surface area (Å²) >= 11 is 0.982. The lowest BCUT2D eigenvalue weighted by Gasteiger charge is -2.25. The Morgan fingerprint density at radius 3 is 2.46 bits per heavy atom. The van der Waals surface area contributed by atoms with Crippen molar-refractivity contribution in [2.45, 2.75) is 37.2 Å². The van der Waals surface area contributed by atoms with Crippen molar-refractivity contribution in [1.82, 2.24) is 20.9 Å². The second kappa shape index (κ2) is 13.6. The number of thioether (sulfide) groups is 1. The maximum absolute atomic E-state index is 13.6. The molecule has 1 aliphatic heterocycles. The average molecular weight is 588 g/mol. The molecule has 2 amide bonds. The summed E-state index contributed by atoms with van der Waals surface area (Å²) in [7, 11) is 1.26. The molecule has 0 aliphatic carbocycles. The van der Waals surface area contributed by atoms with E-state index < -0.39 is 29.4 Å². The van der Waals surface area contributed by atoms with E-state index in [0.29, 0.717) is 12.1 Å². The van der Waals surface area contributed by atoms with Gasteiger partial charge in [-0.2, -0.15) is 0 Å². The Kier molecular flexibility index (Phi) is 9.98. The molecule has 0 radical (unpaired) electrons. The third kappa shape index (κ3) is 8.30. The summed E-state index contributed by atoms with van der Waals surface area (Å²) in [6, 6.07) is 15.2. The van der Waals surface area contributed by atoms with E-state index in [1.54, 1.807) is 35.2 Å². The van der Waals surface area contributed by atoms with Gasteiger partial charge in [-0.15, -0.1) is 23.1 Å². The first-order valence-electron chi connectivity index (χ1n) is 12.0. The number of thiazole rings is 1. The van der Waals surface area contributed by atoms with Gasteiger partial charge in [-0.1, -0.05) is 42.5 Å². The summed E-state index contributed by atoms with van der Waals surface area (Å²) in [6.45, 7) is 1.96. The van der Waals surface area contributed by atoms with Gasteiger partial charge in [0.1, 0.15) is 11.4 Å². The van der Waals surface area contributed by atoms with Crippen LogP contribution in [0.3, 0.4) is 0 Å². The molecule has 10 nitrogen and oxygen atoms in total. The number of aromatic nitrogens is 1. The van der Waals surface area contributed by atoms with Gasteiger partial charge in [0.2, 0.25) is 5.91 Å². The van der Waals surface area contributed by atoms with Gasteiger partial charge < -0.3 is 20.7 Å². The molecule has 0 saturated heterocycles. The highest BCUT2D eigenvalue weighted by Crippen LogP contribution is 2.36. The number of carbonyl (C=O) groups excluding carboxylic acids is 2. The molecule has 2 heterocycles. The minimum atomic E-state index is -2.17. The predicted molar refractivity (Wildman–Crippen MR) is 154 cm³/mol. The largest absolute Gasteiger partial charge is 0.453 e. The van der Waals surface area contributed by atoms with Gasteiger partial charge in [-0.05, 0) is 42.0 Å². The number of rotatable bonds is 11. The molecule has 1 aromatic heterocycles. The van der Waals surface area contributed by atoms with Crippen molar-refractivity contribution in [2.24, 2.45) is 0 Å². The van der Waals surface area contributed by atoms with Crippen LogP contribution in [0.2, 0.25) is 0 Å². The SMILES string of the molecule is COC(=O)N[C@@H](Cc1ccccc1)C(=O)N[C@@H](Cc1ccc(NS(=O)O)cc1)C1=CSC(c2csc(C)n2)N1. The van der Waals surface area contributed by atoms with Gasteiger partial charge >= 0.3 is 6.09 Å². The topological polar surface area (TPSA) is 142 Å². The summed E-state index contributed by atoms with van der Waals surface area (Å²) in [6.07, 6.45) is 0.0293. The smallest absolute Gasteiger partial charge is 0.407 e. The lowest BCUT2D eigenvalue weighted by molar-refractivity contribution is -0.123. The van der Waals surface area contributed by atoms with E-state index >= 15 is 0 Å². The molecule has 206 valence electrons. The highest BCUT2D eigenvalue weighted by molar-refractivity contribution is 8.02. The van der Waals surface area contributed by atoms with Crippen molar-refractivity contribution in [3.63, 3.8) is 0 Å². The fraction of sp³-hybridized carbons (Fsp3) is 0.269. The molecule has 0 saturated carbocycles. The molecule has 0 bridgehead atoms. The molecule has 2 unspecified atom stereocenters. The molecule has 0 fully saturated rings. The average Bonchev–Trinajstić information content (AvgIpc) is 3.58. The molecule has 5 N–H and O–H groups in total. The Morgan fingerprint density at radius 1 is 1.10 bits per heavy atom. The molecule has 4 atom stereocenters. The fourth-order valence-electron chi connectivity index (χ4n) is 4.00. The number of carbonyl (C=O) groups is 2. The number of benzene rings is 2. The maximum Gasteiger partial charge on any atom is 0.407 e. The van der Waals surface area contributed by atoms with Gasteiger partial charge in [0.05, 0.1) is 23.9 Å². The Bertz CT molecular complexity index is 1330. The molecule has 13 heteroatoms. The lowest BCUT2D eigenvalue weighted by Crippen LogP contribution is -2.52. The number of hydrogen-bond donors (Lipinski definition) is 5. The summed E-state index contributed by atoms with van der Waals surface area (Å²) in [4.78, 5) is 30.2. The van der Waals surface area contributed by atoms with E-state index in [2.05, 4.69) is 25.7 Å². The molecule has 0 spiro atoms. The van der Waals surface area contributed by atoms with Crippen molar-refractivity contribution >= 4 is 52.1 Å². The van der Waals surface area contributed by atoms with Crippen molar-refractivity contribution in [2.75, 3.05) is 11.8 Å². The van der Waals surface area contributed by atoms with Crippen LogP contribution in [0.5, 0.6) is 0 Å². The number of aryl methyl sites for hydroxylation is 1. The minimum Gasteiger partial charge on any atom is -0.453 e. The summed E-state index contributed by atoms with van der Waals surface area (Å²) in [5.41, 5.74) is 4.02. The van der Waals surface area contributed by atoms with Crippen LogP contribution in [0.1, 0.15) is 27.2 Å². The Labute approximate surface area is 237 Å². The van der Waals surface area contributed by atoms with Crippen LogP contribution in [-0.4, -0.2) is 44.9 Å². The molecule has 39 heavy (non-hydrogen) atoms. The zero-order valence-corrected chi connectivity index (χ0v) is 23.7. The second-order valence-electron chi connectivity index (χ2n) is 8.72. The summed E-state index contributed by atoms with van der Waals surface area (Å²) < 4.78 is 27.3. The standard InChI is InChI=1S/C26H29N5O5S3/c1-16-27-23(15-37-16)25-29-22(14-38-25)20(12-18-8-10-19(11-9-18)31-39(34)35)28-24(32)21(30-26(33)36-2)13-17-6-4-3-5-7-17/h3-11,14-15,20-21,25,29,31H,12-13H2,1-2H3,(H,28,32)(H,30,33)(H,34,35)/t20-,21-,25?/m0/s1. The first-order valence-corrected chi connectivity index (χ1v) is 14.9. The molecule has 3 aromatic rings. The number of hydrogen-bond acceptors (Lipinski definition) is 8. The van der Waals surface area contributed by atoms with Crippen LogP contribution in [0.25, 0.3) is 0 Å². The van der Waals surface area contributed by atoms with Crippen LogP contribution < -0.4 is 20.7 Å². The van der Waals surface area contributed by atoms with Crippen molar-refractivity contribution in [3.05, 3.63) is 92.9 Å². The van der Waals surface area contributed by atoms with Crippen LogP contribution in [-0.2, 0) is 33.6 Å². The molecular weight excluding hydrogens is 559 g/mol. The van der Waals surface area contributed by atoms with Gasteiger partial charge in [-0.25, -0.2) is 14.0 Å². The third-order valence-corrected chi connectivity index (χ3v) is 8.13. The van der Waals surface area contributed by atoms with E-state index in [9.17, 15) is 13.8 Å². The van der Waals surface area contributed by atoms with E-state index in [0.717, 1.165) is 27.5 Å². The van der Waals surface area contributed by atoms with E-state index in [1.807, 2.05) is 60.2 Å². The predicted octanol–water partition coefficient (Wildman–Crippen LogP) is 3.87. The maximum atomic E-state index is 13.6. The van der Waals surface area contributed by atoms with Crippen LogP contribution in [0, 0.1) is 6.92 Å². The van der Waals surface area contributed by atoms with E-state index in [-0.39, 0.29) is 17.7 Å². The van der Waals surface area contributed by atoms with Crippen LogP contribution in [0.4, 0.5) is 10.5 Å². The zero-order chi connectivity index (χ0) is 27.8. The minimum absolute atomic E-state index is 0.0798. The van der Waals surface area contributed by atoms with Crippen molar-refractivity contribution in [3.8, 4) is 0 Å². The number of methoxy groups -OCH3 is 1. The Morgan fingerprint density at radius 2 is 1.82 bits per heavy atom. The number of nitrogens with zero attached hydrogens (tertiary/aromatic N) is 1. The number of nitrogens with one attached hydrogen (secondary N) is 4. The highest BCUT2D eigenvalue weighted by Gasteiger charge is 2.30. The lowest BCUT2D eigenvalue weighted by atomic mass is 10.0. The first-order chi connectivity index (χ1) is 18.8. The quantitative estimate of drug-likeness (QED) is 0.213. The Balaban J connectivity index is 1.54. The summed E-state index contributed by atoms with van der Waals surface area (Å²) in [5, 5.41) is 14.1.